The van der Waals surface area contributed by atoms with E-state index in [4.69, 9.17) is 20.5 Å². The van der Waals surface area contributed by atoms with Gasteiger partial charge in [-0.25, -0.2) is 14.0 Å². The molecular weight excluding hydrogens is 356 g/mol. The maximum Gasteiger partial charge on any atom is 0.409 e. The average Bonchev–Trinajstić information content (AvgIpc) is 2.54. The molecule has 0 saturated carbocycles. The first-order chi connectivity index (χ1) is 11.4. The van der Waals surface area contributed by atoms with Crippen LogP contribution in [0.1, 0.15) is 12.5 Å². The lowest BCUT2D eigenvalue weighted by molar-refractivity contribution is -0.146. The molecule has 24 heavy (non-hydrogen) atoms. The van der Waals surface area contributed by atoms with Crippen molar-refractivity contribution in [3.8, 4) is 5.75 Å². The van der Waals surface area contributed by atoms with Crippen LogP contribution in [0.3, 0.4) is 0 Å². The normalized spacial score (nSPS) is 14.5. The predicted molar refractivity (Wildman–Crippen MR) is 89.3 cm³/mol. The molecule has 0 radical (unpaired) electrons. The molecule has 0 fully saturated rings. The van der Waals surface area contributed by atoms with E-state index in [1.165, 1.54) is 31.2 Å². The molecule has 2 aromatic rings. The van der Waals surface area contributed by atoms with Crippen molar-refractivity contribution in [3.63, 3.8) is 0 Å². The highest BCUT2D eigenvalue weighted by atomic mass is 35.7. The fourth-order valence-corrected chi connectivity index (χ4v) is 3.48. The number of para-hydroxylation sites is 1. The van der Waals surface area contributed by atoms with E-state index in [0.29, 0.717) is 11.3 Å². The molecule has 0 aliphatic carbocycles. The summed E-state index contributed by atoms with van der Waals surface area (Å²) in [7, 11) is 0. The SMILES string of the molecule is C[C@@H](NP(=O)(Cl)Oc1ccccc1)C(=O)OCc1ccc(F)cc1. The number of esters is 1. The molecule has 2 rings (SSSR count). The average molecular weight is 372 g/mol. The van der Waals surface area contributed by atoms with E-state index in [2.05, 4.69) is 5.09 Å². The van der Waals surface area contributed by atoms with Crippen LogP contribution in [0.2, 0.25) is 0 Å². The molecular formula is C16H16ClFNO4P. The van der Waals surface area contributed by atoms with Crippen LogP contribution in [-0.2, 0) is 20.7 Å². The largest absolute Gasteiger partial charge is 0.460 e. The Hall–Kier alpha value is -1.88. The number of carbonyl (C=O) groups is 1. The second-order valence-corrected chi connectivity index (χ2v) is 7.70. The van der Waals surface area contributed by atoms with Gasteiger partial charge in [0.1, 0.15) is 24.2 Å². The van der Waals surface area contributed by atoms with Crippen LogP contribution in [-0.4, -0.2) is 12.0 Å². The molecule has 2 aromatic carbocycles. The standard InChI is InChI=1S/C16H16ClFNO4P/c1-12(16(20)22-11-13-7-9-14(18)10-8-13)19-24(17,21)23-15-5-3-2-4-6-15/h2-10,12H,11H2,1H3,(H,19,21)/t12-,24?/m1/s1. The highest BCUT2D eigenvalue weighted by Gasteiger charge is 2.28. The molecule has 5 nitrogen and oxygen atoms in total. The van der Waals surface area contributed by atoms with E-state index in [9.17, 15) is 13.8 Å². The van der Waals surface area contributed by atoms with Crippen molar-refractivity contribution >= 4 is 24.1 Å². The number of hydrogen-bond donors (Lipinski definition) is 1. The molecule has 0 aliphatic heterocycles. The molecule has 0 saturated heterocycles. The van der Waals surface area contributed by atoms with Crippen molar-refractivity contribution in [1.82, 2.24) is 5.09 Å². The van der Waals surface area contributed by atoms with Crippen molar-refractivity contribution in [1.29, 1.82) is 0 Å². The summed E-state index contributed by atoms with van der Waals surface area (Å²) in [4.78, 5) is 11.9. The van der Waals surface area contributed by atoms with Gasteiger partial charge in [-0.2, -0.15) is 0 Å². The summed E-state index contributed by atoms with van der Waals surface area (Å²) in [6.07, 6.45) is 0. The van der Waals surface area contributed by atoms with Gasteiger partial charge in [0.25, 0.3) is 0 Å². The van der Waals surface area contributed by atoms with E-state index in [1.54, 1.807) is 30.3 Å². The van der Waals surface area contributed by atoms with Crippen molar-refractivity contribution in [2.75, 3.05) is 0 Å². The van der Waals surface area contributed by atoms with Gasteiger partial charge >= 0.3 is 12.8 Å². The minimum absolute atomic E-state index is 0.0305. The van der Waals surface area contributed by atoms with E-state index in [1.807, 2.05) is 0 Å². The Balaban J connectivity index is 1.86. The number of hydrogen-bond acceptors (Lipinski definition) is 4. The second kappa shape index (κ2) is 8.29. The van der Waals surface area contributed by atoms with E-state index in [0.717, 1.165) is 0 Å². The quantitative estimate of drug-likeness (QED) is 0.581. The van der Waals surface area contributed by atoms with Crippen LogP contribution in [0.25, 0.3) is 0 Å². The van der Waals surface area contributed by atoms with Gasteiger partial charge in [0.05, 0.1) is 0 Å². The molecule has 0 aromatic heterocycles. The predicted octanol–water partition coefficient (Wildman–Crippen LogP) is 4.27. The fraction of sp³-hybridized carbons (Fsp3) is 0.188. The van der Waals surface area contributed by atoms with Gasteiger partial charge in [-0.1, -0.05) is 30.3 Å². The molecule has 0 amide bonds. The highest BCUT2D eigenvalue weighted by molar-refractivity contribution is 7.84. The molecule has 1 N–H and O–H groups in total. The molecule has 128 valence electrons. The Morgan fingerprint density at radius 2 is 1.83 bits per heavy atom. The minimum atomic E-state index is -3.75. The summed E-state index contributed by atoms with van der Waals surface area (Å²) >= 11 is 5.82. The topological polar surface area (TPSA) is 64.6 Å². The second-order valence-electron chi connectivity index (χ2n) is 4.97. The van der Waals surface area contributed by atoms with Gasteiger partial charge in [-0.05, 0) is 36.8 Å². The first-order valence-corrected chi connectivity index (χ1v) is 9.62. The first kappa shape index (κ1) is 18.5. The Bertz CT molecular complexity index is 727. The Kier molecular flexibility index (Phi) is 6.37. The first-order valence-electron chi connectivity index (χ1n) is 7.09. The Morgan fingerprint density at radius 1 is 1.21 bits per heavy atom. The van der Waals surface area contributed by atoms with Gasteiger partial charge < -0.3 is 9.26 Å². The molecule has 0 aliphatic rings. The lowest BCUT2D eigenvalue weighted by Gasteiger charge is -2.18. The maximum absolute atomic E-state index is 12.8. The molecule has 0 spiro atoms. The van der Waals surface area contributed by atoms with Gasteiger partial charge in [0, 0.05) is 11.2 Å². The Morgan fingerprint density at radius 3 is 2.46 bits per heavy atom. The summed E-state index contributed by atoms with van der Waals surface area (Å²) in [5.74, 6) is -0.715. The van der Waals surface area contributed by atoms with Gasteiger partial charge in [-0.3, -0.25) is 4.79 Å². The Labute approximate surface area is 144 Å². The fourth-order valence-electron chi connectivity index (χ4n) is 1.79. The van der Waals surface area contributed by atoms with Crippen LogP contribution in [0.15, 0.2) is 54.6 Å². The van der Waals surface area contributed by atoms with E-state index in [-0.39, 0.29) is 12.4 Å². The molecule has 8 heteroatoms. The third kappa shape index (κ3) is 5.96. The molecule has 1 unspecified atom stereocenters. The third-order valence-corrected chi connectivity index (χ3v) is 4.60. The van der Waals surface area contributed by atoms with Gasteiger partial charge in [0.15, 0.2) is 0 Å². The number of carbonyl (C=O) groups excluding carboxylic acids is 1. The number of nitrogens with one attached hydrogen (secondary N) is 1. The third-order valence-electron chi connectivity index (χ3n) is 2.96. The van der Waals surface area contributed by atoms with Crippen LogP contribution < -0.4 is 9.61 Å². The monoisotopic (exact) mass is 371 g/mol. The summed E-state index contributed by atoms with van der Waals surface area (Å²) in [6.45, 7) is -2.33. The molecule has 0 bridgehead atoms. The van der Waals surface area contributed by atoms with Crippen LogP contribution >= 0.6 is 18.1 Å². The zero-order valence-electron chi connectivity index (χ0n) is 12.8. The minimum Gasteiger partial charge on any atom is -0.460 e. The van der Waals surface area contributed by atoms with Crippen molar-refractivity contribution in [2.45, 2.75) is 19.6 Å². The smallest absolute Gasteiger partial charge is 0.409 e. The van der Waals surface area contributed by atoms with Gasteiger partial charge in [0.2, 0.25) is 0 Å². The lowest BCUT2D eigenvalue weighted by Crippen LogP contribution is -2.33. The summed E-state index contributed by atoms with van der Waals surface area (Å²) in [5.41, 5.74) is 0.631. The molecule has 0 heterocycles. The summed E-state index contributed by atoms with van der Waals surface area (Å²) < 4.78 is 35.2. The zero-order valence-corrected chi connectivity index (χ0v) is 14.5. The van der Waals surface area contributed by atoms with Crippen molar-refractivity contribution in [2.24, 2.45) is 0 Å². The van der Waals surface area contributed by atoms with Crippen molar-refractivity contribution in [3.05, 3.63) is 66.0 Å². The number of benzene rings is 2. The zero-order chi connectivity index (χ0) is 17.6. The van der Waals surface area contributed by atoms with Crippen molar-refractivity contribution < 1.29 is 23.0 Å². The maximum atomic E-state index is 12.8. The van der Waals surface area contributed by atoms with E-state index >= 15 is 0 Å². The number of ether oxygens (including phenoxy) is 1. The van der Waals surface area contributed by atoms with Crippen LogP contribution in [0, 0.1) is 5.82 Å². The van der Waals surface area contributed by atoms with Crippen LogP contribution in [0.4, 0.5) is 4.39 Å². The number of halogens is 2. The lowest BCUT2D eigenvalue weighted by atomic mass is 10.2. The van der Waals surface area contributed by atoms with Gasteiger partial charge in [-0.15, -0.1) is 0 Å². The summed E-state index contributed by atoms with van der Waals surface area (Å²) in [5, 5.41) is 2.41. The number of rotatable bonds is 7. The molecule has 2 atom stereocenters. The summed E-state index contributed by atoms with van der Waals surface area (Å²) in [6, 6.07) is 13.0. The highest BCUT2D eigenvalue weighted by Crippen LogP contribution is 2.48. The van der Waals surface area contributed by atoms with E-state index < -0.39 is 18.9 Å². The van der Waals surface area contributed by atoms with Crippen LogP contribution in [0.5, 0.6) is 5.75 Å².